The molecule has 0 spiro atoms. The van der Waals surface area contributed by atoms with Crippen LogP contribution in [-0.2, 0) is 0 Å². The molecule has 0 radical (unpaired) electrons. The molecule has 0 bridgehead atoms. The summed E-state index contributed by atoms with van der Waals surface area (Å²) < 4.78 is 8.03. The molecular formula is C25H26N4OS. The first-order valence-electron chi connectivity index (χ1n) is 10.6. The first-order valence-corrected chi connectivity index (χ1v) is 11.5. The molecule has 0 atom stereocenters. The number of imidazole rings is 1. The summed E-state index contributed by atoms with van der Waals surface area (Å²) in [6.45, 7) is 7.04. The van der Waals surface area contributed by atoms with Crippen molar-refractivity contribution in [3.63, 3.8) is 0 Å². The standard InChI is InChI=1S/C25H26N4OS/c1-16-11-24(30-13-19-4-5-19)17(2)10-22(16)27-25-28-23(14-31-25)20-6-8-21(9-7-20)29-12-18(3)26-15-29/h6-12,14-15,19H,4-5,13H2,1-3H3,(H,27,28). The van der Waals surface area contributed by atoms with E-state index in [1.807, 2.05) is 24.0 Å². The van der Waals surface area contributed by atoms with Crippen LogP contribution < -0.4 is 10.1 Å². The zero-order valence-corrected chi connectivity index (χ0v) is 18.9. The Balaban J connectivity index is 1.30. The highest BCUT2D eigenvalue weighted by Gasteiger charge is 2.22. The van der Waals surface area contributed by atoms with Gasteiger partial charge in [-0.3, -0.25) is 0 Å². The summed E-state index contributed by atoms with van der Waals surface area (Å²) in [4.78, 5) is 9.09. The highest BCUT2D eigenvalue weighted by atomic mass is 32.1. The fraction of sp³-hybridized carbons (Fsp3) is 0.280. The predicted octanol–water partition coefficient (Wildman–Crippen LogP) is 6.45. The molecule has 6 heteroatoms. The third-order valence-electron chi connectivity index (χ3n) is 5.61. The summed E-state index contributed by atoms with van der Waals surface area (Å²) in [5.74, 6) is 1.74. The van der Waals surface area contributed by atoms with Crippen molar-refractivity contribution < 1.29 is 4.74 Å². The maximum atomic E-state index is 6.01. The van der Waals surface area contributed by atoms with E-state index in [2.05, 4.69) is 65.9 Å². The lowest BCUT2D eigenvalue weighted by atomic mass is 10.1. The molecule has 1 aliphatic carbocycles. The normalized spacial score (nSPS) is 13.4. The molecule has 1 fully saturated rings. The number of hydrogen-bond acceptors (Lipinski definition) is 5. The van der Waals surface area contributed by atoms with Crippen LogP contribution in [0.1, 0.15) is 29.7 Å². The Morgan fingerprint density at radius 1 is 1.10 bits per heavy atom. The molecule has 2 aromatic carbocycles. The van der Waals surface area contributed by atoms with E-state index in [0.717, 1.165) is 62.9 Å². The number of benzene rings is 2. The van der Waals surface area contributed by atoms with Gasteiger partial charge >= 0.3 is 0 Å². The number of aromatic nitrogens is 3. The van der Waals surface area contributed by atoms with Crippen LogP contribution in [0.4, 0.5) is 10.8 Å². The molecule has 31 heavy (non-hydrogen) atoms. The van der Waals surface area contributed by atoms with E-state index in [-0.39, 0.29) is 0 Å². The molecule has 1 aliphatic rings. The average molecular weight is 431 g/mol. The van der Waals surface area contributed by atoms with Crippen LogP contribution in [0.25, 0.3) is 16.9 Å². The largest absolute Gasteiger partial charge is 0.493 e. The lowest BCUT2D eigenvalue weighted by Gasteiger charge is -2.13. The molecule has 0 saturated heterocycles. The van der Waals surface area contributed by atoms with Gasteiger partial charge in [0.05, 0.1) is 24.3 Å². The van der Waals surface area contributed by atoms with Crippen molar-refractivity contribution in [3.8, 4) is 22.7 Å². The zero-order chi connectivity index (χ0) is 21.4. The average Bonchev–Trinajstić information content (AvgIpc) is 3.31. The molecule has 158 valence electrons. The zero-order valence-electron chi connectivity index (χ0n) is 18.1. The molecule has 5 nitrogen and oxygen atoms in total. The van der Waals surface area contributed by atoms with Crippen LogP contribution >= 0.6 is 11.3 Å². The highest BCUT2D eigenvalue weighted by Crippen LogP contribution is 2.34. The Labute approximate surface area is 186 Å². The van der Waals surface area contributed by atoms with Crippen molar-refractivity contribution in [2.24, 2.45) is 5.92 Å². The first kappa shape index (κ1) is 19.8. The van der Waals surface area contributed by atoms with Gasteiger partial charge < -0.3 is 14.6 Å². The Morgan fingerprint density at radius 2 is 1.90 bits per heavy atom. The minimum absolute atomic E-state index is 0.754. The number of anilines is 2. The number of ether oxygens (including phenoxy) is 1. The van der Waals surface area contributed by atoms with E-state index in [1.165, 1.54) is 12.8 Å². The van der Waals surface area contributed by atoms with Gasteiger partial charge in [0.25, 0.3) is 0 Å². The molecule has 2 aromatic heterocycles. The Hall–Kier alpha value is -3.12. The highest BCUT2D eigenvalue weighted by molar-refractivity contribution is 7.14. The Bertz CT molecular complexity index is 1200. The maximum absolute atomic E-state index is 6.01. The fourth-order valence-corrected chi connectivity index (χ4v) is 4.25. The molecular weight excluding hydrogens is 404 g/mol. The van der Waals surface area contributed by atoms with Crippen LogP contribution in [0.5, 0.6) is 5.75 Å². The summed E-state index contributed by atoms with van der Waals surface area (Å²) in [6.07, 6.45) is 6.46. The van der Waals surface area contributed by atoms with Crippen molar-refractivity contribution in [2.75, 3.05) is 11.9 Å². The van der Waals surface area contributed by atoms with E-state index in [1.54, 1.807) is 11.3 Å². The van der Waals surface area contributed by atoms with Crippen molar-refractivity contribution in [1.82, 2.24) is 14.5 Å². The minimum atomic E-state index is 0.754. The quantitative estimate of drug-likeness (QED) is 0.366. The number of nitrogens with one attached hydrogen (secondary N) is 1. The van der Waals surface area contributed by atoms with Gasteiger partial charge in [-0.15, -0.1) is 11.3 Å². The third-order valence-corrected chi connectivity index (χ3v) is 6.37. The second-order valence-corrected chi connectivity index (χ2v) is 9.18. The summed E-state index contributed by atoms with van der Waals surface area (Å²) in [5.41, 5.74) is 7.55. The molecule has 1 N–H and O–H groups in total. The number of aryl methyl sites for hydroxylation is 3. The second-order valence-electron chi connectivity index (χ2n) is 8.32. The lowest BCUT2D eigenvalue weighted by Crippen LogP contribution is -2.02. The lowest BCUT2D eigenvalue weighted by molar-refractivity contribution is 0.297. The Kier molecular flexibility index (Phi) is 5.24. The molecule has 0 unspecified atom stereocenters. The molecule has 4 aromatic rings. The number of thiazole rings is 1. The van der Waals surface area contributed by atoms with E-state index in [0.29, 0.717) is 0 Å². The van der Waals surface area contributed by atoms with Crippen molar-refractivity contribution in [1.29, 1.82) is 0 Å². The maximum Gasteiger partial charge on any atom is 0.187 e. The molecule has 2 heterocycles. The summed E-state index contributed by atoms with van der Waals surface area (Å²) in [7, 11) is 0. The number of hydrogen-bond donors (Lipinski definition) is 1. The summed E-state index contributed by atoms with van der Waals surface area (Å²) in [6, 6.07) is 12.7. The van der Waals surface area contributed by atoms with Crippen LogP contribution in [0.15, 0.2) is 54.3 Å². The van der Waals surface area contributed by atoms with Crippen molar-refractivity contribution >= 4 is 22.2 Å². The Morgan fingerprint density at radius 3 is 2.61 bits per heavy atom. The number of nitrogens with zero attached hydrogens (tertiary/aromatic N) is 3. The van der Waals surface area contributed by atoms with Crippen molar-refractivity contribution in [3.05, 3.63) is 71.1 Å². The fourth-order valence-electron chi connectivity index (χ4n) is 3.52. The van der Waals surface area contributed by atoms with Gasteiger partial charge in [0.2, 0.25) is 0 Å². The predicted molar refractivity (Wildman–Crippen MR) is 127 cm³/mol. The van der Waals surface area contributed by atoms with Gasteiger partial charge in [-0.25, -0.2) is 9.97 Å². The topological polar surface area (TPSA) is 52.0 Å². The van der Waals surface area contributed by atoms with Gasteiger partial charge in [-0.2, -0.15) is 0 Å². The van der Waals surface area contributed by atoms with Crippen LogP contribution in [0.3, 0.4) is 0 Å². The van der Waals surface area contributed by atoms with E-state index in [4.69, 9.17) is 9.72 Å². The molecule has 1 saturated carbocycles. The van der Waals surface area contributed by atoms with Gasteiger partial charge in [0.15, 0.2) is 5.13 Å². The monoisotopic (exact) mass is 430 g/mol. The molecule has 0 aliphatic heterocycles. The third kappa shape index (κ3) is 4.49. The van der Waals surface area contributed by atoms with Crippen LogP contribution in [0.2, 0.25) is 0 Å². The minimum Gasteiger partial charge on any atom is -0.493 e. The van der Waals surface area contributed by atoms with E-state index >= 15 is 0 Å². The van der Waals surface area contributed by atoms with Crippen LogP contribution in [-0.4, -0.2) is 21.1 Å². The van der Waals surface area contributed by atoms with Crippen molar-refractivity contribution in [2.45, 2.75) is 33.6 Å². The van der Waals surface area contributed by atoms with E-state index in [9.17, 15) is 0 Å². The van der Waals surface area contributed by atoms with Gasteiger partial charge in [0, 0.05) is 28.5 Å². The summed E-state index contributed by atoms with van der Waals surface area (Å²) in [5, 5.41) is 6.47. The summed E-state index contributed by atoms with van der Waals surface area (Å²) >= 11 is 1.62. The van der Waals surface area contributed by atoms with Gasteiger partial charge in [-0.1, -0.05) is 12.1 Å². The van der Waals surface area contributed by atoms with Crippen LogP contribution in [0, 0.1) is 26.7 Å². The van der Waals surface area contributed by atoms with Gasteiger partial charge in [0.1, 0.15) is 5.75 Å². The van der Waals surface area contributed by atoms with E-state index < -0.39 is 0 Å². The number of rotatable bonds is 7. The second kappa shape index (κ2) is 8.19. The first-order chi connectivity index (χ1) is 15.0. The smallest absolute Gasteiger partial charge is 0.187 e. The molecule has 0 amide bonds. The SMILES string of the molecule is Cc1cn(-c2ccc(-c3csc(Nc4cc(C)c(OCC5CC5)cc4C)n3)cc2)cn1. The van der Waals surface area contributed by atoms with Gasteiger partial charge in [-0.05, 0) is 74.9 Å². The molecule has 5 rings (SSSR count).